The third-order valence-electron chi connectivity index (χ3n) is 2.96. The summed E-state index contributed by atoms with van der Waals surface area (Å²) in [5.41, 5.74) is 1.48. The van der Waals surface area contributed by atoms with Crippen LogP contribution in [0.2, 0.25) is 0 Å². The van der Waals surface area contributed by atoms with Gasteiger partial charge in [0.05, 0.1) is 4.47 Å². The van der Waals surface area contributed by atoms with Crippen molar-refractivity contribution in [2.45, 2.75) is 13.5 Å². The molecule has 0 bridgehead atoms. The lowest BCUT2D eigenvalue weighted by atomic mass is 10.1. The maximum Gasteiger partial charge on any atom is 0.254 e. The van der Waals surface area contributed by atoms with E-state index in [2.05, 4.69) is 20.9 Å². The topological polar surface area (TPSA) is 33.2 Å². The largest absolute Gasteiger partial charge is 0.335 e. The zero-order valence-corrected chi connectivity index (χ0v) is 12.6. The fraction of sp³-hybridized carbons (Fsp3) is 0.200. The van der Waals surface area contributed by atoms with Crippen molar-refractivity contribution in [3.05, 3.63) is 64.1 Å². The Kier molecular flexibility index (Phi) is 4.84. The van der Waals surface area contributed by atoms with Crippen molar-refractivity contribution >= 4 is 21.8 Å². The Bertz CT molecular complexity index is 604. The minimum absolute atomic E-state index is 0.120. The van der Waals surface area contributed by atoms with Gasteiger partial charge in [0.25, 0.3) is 5.91 Å². The highest BCUT2D eigenvalue weighted by Gasteiger charge is 2.15. The van der Waals surface area contributed by atoms with E-state index in [1.165, 1.54) is 18.2 Å². The van der Waals surface area contributed by atoms with Gasteiger partial charge in [0.1, 0.15) is 5.82 Å². The molecule has 0 radical (unpaired) electrons. The summed E-state index contributed by atoms with van der Waals surface area (Å²) in [6.07, 6.45) is 3.39. The SMILES string of the molecule is CCN(Cc1ccncc1)C(=O)c1ccc(F)c(Br)c1. The molecule has 2 rings (SSSR count). The summed E-state index contributed by atoms with van der Waals surface area (Å²) in [5, 5.41) is 0. The molecule has 104 valence electrons. The van der Waals surface area contributed by atoms with Gasteiger partial charge in [0.2, 0.25) is 0 Å². The number of amides is 1. The van der Waals surface area contributed by atoms with Gasteiger partial charge in [-0.05, 0) is 58.7 Å². The number of nitrogens with zero attached hydrogens (tertiary/aromatic N) is 2. The molecule has 0 aliphatic carbocycles. The molecule has 0 aliphatic rings. The molecule has 0 saturated heterocycles. The first kappa shape index (κ1) is 14.7. The molecule has 5 heteroatoms. The molecular formula is C15H14BrFN2O. The van der Waals surface area contributed by atoms with E-state index in [1.54, 1.807) is 17.3 Å². The fourth-order valence-corrected chi connectivity index (χ4v) is 2.23. The monoisotopic (exact) mass is 336 g/mol. The molecule has 0 aliphatic heterocycles. The van der Waals surface area contributed by atoms with Crippen molar-refractivity contribution in [3.8, 4) is 0 Å². The van der Waals surface area contributed by atoms with E-state index in [4.69, 9.17) is 0 Å². The molecule has 0 spiro atoms. The van der Waals surface area contributed by atoms with Gasteiger partial charge in [-0.1, -0.05) is 0 Å². The first-order chi connectivity index (χ1) is 9.61. The predicted octanol–water partition coefficient (Wildman–Crippen LogP) is 3.65. The van der Waals surface area contributed by atoms with Crippen LogP contribution in [-0.2, 0) is 6.54 Å². The quantitative estimate of drug-likeness (QED) is 0.853. The number of carbonyl (C=O) groups excluding carboxylic acids is 1. The molecule has 0 saturated carbocycles. The molecule has 2 aromatic rings. The normalized spacial score (nSPS) is 10.3. The van der Waals surface area contributed by atoms with E-state index in [1.807, 2.05) is 19.1 Å². The van der Waals surface area contributed by atoms with Gasteiger partial charge in [-0.2, -0.15) is 0 Å². The van der Waals surface area contributed by atoms with Crippen LogP contribution in [0.15, 0.2) is 47.2 Å². The van der Waals surface area contributed by atoms with Crippen molar-refractivity contribution in [1.82, 2.24) is 9.88 Å². The first-order valence-electron chi connectivity index (χ1n) is 6.25. The Labute approximate surface area is 125 Å². The number of hydrogen-bond acceptors (Lipinski definition) is 2. The third kappa shape index (κ3) is 3.42. The molecule has 1 aromatic heterocycles. The van der Waals surface area contributed by atoms with Gasteiger partial charge in [-0.3, -0.25) is 9.78 Å². The lowest BCUT2D eigenvalue weighted by Gasteiger charge is -2.21. The van der Waals surface area contributed by atoms with Crippen molar-refractivity contribution < 1.29 is 9.18 Å². The van der Waals surface area contributed by atoms with Gasteiger partial charge in [-0.15, -0.1) is 0 Å². The summed E-state index contributed by atoms with van der Waals surface area (Å²) < 4.78 is 13.5. The Balaban J connectivity index is 2.18. The highest BCUT2D eigenvalue weighted by Crippen LogP contribution is 2.18. The molecule has 0 N–H and O–H groups in total. The molecule has 3 nitrogen and oxygen atoms in total. The smallest absolute Gasteiger partial charge is 0.254 e. The molecule has 1 heterocycles. The lowest BCUT2D eigenvalue weighted by molar-refractivity contribution is 0.0752. The van der Waals surface area contributed by atoms with Crippen LogP contribution in [0, 0.1) is 5.82 Å². The predicted molar refractivity (Wildman–Crippen MR) is 78.8 cm³/mol. The Morgan fingerprint density at radius 2 is 2.00 bits per heavy atom. The van der Waals surface area contributed by atoms with E-state index >= 15 is 0 Å². The highest BCUT2D eigenvalue weighted by molar-refractivity contribution is 9.10. The van der Waals surface area contributed by atoms with Crippen LogP contribution >= 0.6 is 15.9 Å². The van der Waals surface area contributed by atoms with Crippen LogP contribution in [0.25, 0.3) is 0 Å². The molecule has 0 fully saturated rings. The van der Waals surface area contributed by atoms with Gasteiger partial charge in [0.15, 0.2) is 0 Å². The summed E-state index contributed by atoms with van der Waals surface area (Å²) in [6.45, 7) is 3.00. The minimum atomic E-state index is -0.376. The van der Waals surface area contributed by atoms with Crippen molar-refractivity contribution in [1.29, 1.82) is 0 Å². The first-order valence-corrected chi connectivity index (χ1v) is 7.04. The average Bonchev–Trinajstić information content (AvgIpc) is 2.48. The van der Waals surface area contributed by atoms with Gasteiger partial charge < -0.3 is 4.90 Å². The Hall–Kier alpha value is -1.75. The van der Waals surface area contributed by atoms with Crippen LogP contribution < -0.4 is 0 Å². The van der Waals surface area contributed by atoms with Crippen molar-refractivity contribution in [3.63, 3.8) is 0 Å². The highest BCUT2D eigenvalue weighted by atomic mass is 79.9. The minimum Gasteiger partial charge on any atom is -0.335 e. The average molecular weight is 337 g/mol. The fourth-order valence-electron chi connectivity index (χ4n) is 1.85. The second-order valence-corrected chi connectivity index (χ2v) is 5.16. The zero-order valence-electron chi connectivity index (χ0n) is 11.0. The summed E-state index contributed by atoms with van der Waals surface area (Å²) in [5.74, 6) is -0.497. The van der Waals surface area contributed by atoms with Crippen LogP contribution in [0.5, 0.6) is 0 Å². The van der Waals surface area contributed by atoms with E-state index in [0.29, 0.717) is 23.1 Å². The number of aromatic nitrogens is 1. The number of rotatable bonds is 4. The number of hydrogen-bond donors (Lipinski definition) is 0. The third-order valence-corrected chi connectivity index (χ3v) is 3.57. The molecule has 20 heavy (non-hydrogen) atoms. The molecule has 0 atom stereocenters. The molecule has 1 amide bonds. The van der Waals surface area contributed by atoms with Gasteiger partial charge >= 0.3 is 0 Å². The molecule has 0 unspecified atom stereocenters. The second kappa shape index (κ2) is 6.61. The van der Waals surface area contributed by atoms with E-state index in [9.17, 15) is 9.18 Å². The second-order valence-electron chi connectivity index (χ2n) is 4.30. The number of benzene rings is 1. The van der Waals surface area contributed by atoms with Crippen LogP contribution in [0.3, 0.4) is 0 Å². The lowest BCUT2D eigenvalue weighted by Crippen LogP contribution is -2.30. The van der Waals surface area contributed by atoms with Crippen LogP contribution in [0.4, 0.5) is 4.39 Å². The van der Waals surface area contributed by atoms with Crippen LogP contribution in [0.1, 0.15) is 22.8 Å². The van der Waals surface area contributed by atoms with Crippen LogP contribution in [-0.4, -0.2) is 22.3 Å². The zero-order chi connectivity index (χ0) is 14.5. The number of carbonyl (C=O) groups is 1. The van der Waals surface area contributed by atoms with Crippen molar-refractivity contribution in [2.75, 3.05) is 6.54 Å². The summed E-state index contributed by atoms with van der Waals surface area (Å²) in [6, 6.07) is 8.04. The van der Waals surface area contributed by atoms with Crippen molar-refractivity contribution in [2.24, 2.45) is 0 Å². The Morgan fingerprint density at radius 3 is 2.60 bits per heavy atom. The maximum absolute atomic E-state index is 13.2. The van der Waals surface area contributed by atoms with E-state index < -0.39 is 0 Å². The number of halogens is 2. The maximum atomic E-state index is 13.2. The summed E-state index contributed by atoms with van der Waals surface area (Å²) >= 11 is 3.10. The standard InChI is InChI=1S/C15H14BrFN2O/c1-2-19(10-11-5-7-18-8-6-11)15(20)12-3-4-14(17)13(16)9-12/h3-9H,2,10H2,1H3. The van der Waals surface area contributed by atoms with Gasteiger partial charge in [-0.25, -0.2) is 4.39 Å². The molecular weight excluding hydrogens is 323 g/mol. The van der Waals surface area contributed by atoms with E-state index in [-0.39, 0.29) is 11.7 Å². The number of pyridine rings is 1. The summed E-state index contributed by atoms with van der Waals surface area (Å²) in [7, 11) is 0. The van der Waals surface area contributed by atoms with Gasteiger partial charge in [0, 0.05) is 31.0 Å². The van der Waals surface area contributed by atoms with E-state index in [0.717, 1.165) is 5.56 Å². The Morgan fingerprint density at radius 1 is 1.30 bits per heavy atom. The molecule has 1 aromatic carbocycles. The summed E-state index contributed by atoms with van der Waals surface area (Å²) in [4.78, 5) is 18.1.